The minimum Gasteiger partial charge on any atom is -0.494 e. The highest BCUT2D eigenvalue weighted by molar-refractivity contribution is 6.39. The van der Waals surface area contributed by atoms with Crippen molar-refractivity contribution in [3.8, 4) is 28.7 Å². The van der Waals surface area contributed by atoms with Crippen LogP contribution in [0.3, 0.4) is 0 Å². The van der Waals surface area contributed by atoms with Gasteiger partial charge in [-0.3, -0.25) is 14.4 Å². The molecule has 5 aromatic rings. The highest BCUT2D eigenvalue weighted by atomic mass is 16.7. The molecule has 1 saturated carbocycles. The largest absolute Gasteiger partial charge is 0.494 e. The van der Waals surface area contributed by atoms with Crippen molar-refractivity contribution in [2.24, 2.45) is 11.8 Å². The summed E-state index contributed by atoms with van der Waals surface area (Å²) in [5, 5.41) is 0. The van der Waals surface area contributed by atoms with Crippen molar-refractivity contribution in [3.05, 3.63) is 144 Å². The highest BCUT2D eigenvalue weighted by Gasteiger charge is 2.82. The maximum Gasteiger partial charge on any atom is 0.239 e. The van der Waals surface area contributed by atoms with E-state index < -0.39 is 34.5 Å². The van der Waals surface area contributed by atoms with E-state index in [1.807, 2.05) is 104 Å². The summed E-state index contributed by atoms with van der Waals surface area (Å²) in [6.45, 7) is 2.71. The molecule has 0 aromatic heterocycles. The Labute approximate surface area is 305 Å². The number of Topliss-reactive ketones (excluding diaryl/α,β-unsaturated/α-hetero) is 1. The topological polar surface area (TPSA) is 101 Å². The van der Waals surface area contributed by atoms with Crippen LogP contribution in [0.25, 0.3) is 11.1 Å². The average molecular weight is 704 g/mol. The summed E-state index contributed by atoms with van der Waals surface area (Å²) in [6.07, 6.45) is 0.843. The number of ether oxygens (including phenoxy) is 5. The third kappa shape index (κ3) is 4.10. The fourth-order valence-corrected chi connectivity index (χ4v) is 9.39. The minimum absolute atomic E-state index is 0.0679. The summed E-state index contributed by atoms with van der Waals surface area (Å²) in [5.41, 5.74) is 1.19. The molecule has 262 valence electrons. The molecule has 5 aromatic carbocycles. The van der Waals surface area contributed by atoms with Crippen molar-refractivity contribution < 1.29 is 38.1 Å². The maximum atomic E-state index is 16.2. The van der Waals surface area contributed by atoms with E-state index >= 15 is 14.4 Å². The van der Waals surface area contributed by atoms with Crippen LogP contribution in [0.2, 0.25) is 0 Å². The first-order valence-corrected chi connectivity index (χ1v) is 17.8. The Kier molecular flexibility index (Phi) is 6.86. The molecule has 0 spiro atoms. The second-order valence-corrected chi connectivity index (χ2v) is 13.9. The number of amides is 2. The van der Waals surface area contributed by atoms with Crippen LogP contribution in [0.4, 0.5) is 5.69 Å². The normalized spacial score (nSPS) is 24.7. The number of fused-ring (bicyclic) bond motifs is 7. The molecule has 10 rings (SSSR count). The van der Waals surface area contributed by atoms with Gasteiger partial charge in [0.25, 0.3) is 0 Å². The third-order valence-electron chi connectivity index (χ3n) is 11.3. The number of benzene rings is 5. The number of nitrogens with zero attached hydrogens (tertiary/aromatic N) is 1. The molecule has 2 fully saturated rings. The van der Waals surface area contributed by atoms with Gasteiger partial charge in [-0.15, -0.1) is 0 Å². The number of carbonyl (C=O) groups excluding carboxylic acids is 3. The number of allylic oxidation sites excluding steroid dienone is 2. The number of rotatable bonds is 8. The van der Waals surface area contributed by atoms with Crippen molar-refractivity contribution in [2.75, 3.05) is 25.1 Å². The zero-order valence-electron chi connectivity index (χ0n) is 28.7. The molecule has 0 N–H and O–H groups in total. The first-order valence-electron chi connectivity index (χ1n) is 17.8. The summed E-state index contributed by atoms with van der Waals surface area (Å²) < 4.78 is 29.0. The summed E-state index contributed by atoms with van der Waals surface area (Å²) in [6, 6.07) is 37.1. The number of anilines is 1. The monoisotopic (exact) mass is 703 g/mol. The molecule has 4 atom stereocenters. The van der Waals surface area contributed by atoms with Crippen LogP contribution in [0, 0.1) is 11.8 Å². The molecular weight excluding hydrogens is 670 g/mol. The van der Waals surface area contributed by atoms with E-state index in [1.165, 1.54) is 4.90 Å². The summed E-state index contributed by atoms with van der Waals surface area (Å²) in [5.74, 6) is -0.343. The highest BCUT2D eigenvalue weighted by Crippen LogP contribution is 2.74. The van der Waals surface area contributed by atoms with Gasteiger partial charge in [0.05, 0.1) is 35.0 Å². The van der Waals surface area contributed by atoms with E-state index in [0.29, 0.717) is 74.4 Å². The Morgan fingerprint density at radius 3 is 1.55 bits per heavy atom. The second kappa shape index (κ2) is 11.6. The molecule has 9 nitrogen and oxygen atoms in total. The third-order valence-corrected chi connectivity index (χ3v) is 11.3. The van der Waals surface area contributed by atoms with Gasteiger partial charge >= 0.3 is 0 Å². The van der Waals surface area contributed by atoms with Gasteiger partial charge in [-0.25, -0.2) is 4.90 Å². The van der Waals surface area contributed by atoms with E-state index in [-0.39, 0.29) is 19.4 Å². The van der Waals surface area contributed by atoms with E-state index in [2.05, 4.69) is 0 Å². The van der Waals surface area contributed by atoms with Crippen LogP contribution in [0.1, 0.15) is 35.6 Å². The standard InChI is InChI=1S/C44H33NO8/c1-2-21-49-31-17-15-30(16-18-31)45-40(46)38-39(41(45)47)44(29-11-7-4-8-12-29)37(27-14-20-33-35(23-27)53-25-51-33)36(26-13-19-32-34(22-26)52-24-50-32)43(38,42(44)48)28-9-5-3-6-10-28/h3-20,22-23,38-39H,2,21,24-25H2,1H3/t38-,39-,43+,44+/m1/s1. The second-order valence-electron chi connectivity index (χ2n) is 13.9. The van der Waals surface area contributed by atoms with Gasteiger partial charge in [0, 0.05) is 0 Å². The lowest BCUT2D eigenvalue weighted by atomic mass is 9.59. The van der Waals surface area contributed by atoms with Gasteiger partial charge in [-0.1, -0.05) is 79.7 Å². The maximum absolute atomic E-state index is 16.2. The number of ketones is 1. The molecule has 0 radical (unpaired) electrons. The van der Waals surface area contributed by atoms with E-state index in [0.717, 1.165) is 6.42 Å². The molecule has 5 aliphatic rings. The fourth-order valence-electron chi connectivity index (χ4n) is 9.39. The summed E-state index contributed by atoms with van der Waals surface area (Å²) >= 11 is 0. The van der Waals surface area contributed by atoms with Gasteiger partial charge in [0.1, 0.15) is 5.75 Å². The molecule has 3 aliphatic heterocycles. The van der Waals surface area contributed by atoms with Gasteiger partial charge in [-0.2, -0.15) is 0 Å². The Hall–Kier alpha value is -6.35. The number of carbonyl (C=O) groups is 3. The SMILES string of the molecule is CCCOc1ccc(N2C(=O)[C@H]3[C@H](C2=O)[C@@]2(c4ccccc4)C(=O)[C@@]3(c3ccccc3)C(c3ccc4c(c3)OCO4)=C2c2ccc3c(c2)OCO3)cc1. The quantitative estimate of drug-likeness (QED) is 0.158. The zero-order chi connectivity index (χ0) is 35.9. The van der Waals surface area contributed by atoms with Crippen LogP contribution in [-0.2, 0) is 25.2 Å². The van der Waals surface area contributed by atoms with E-state index in [9.17, 15) is 0 Å². The van der Waals surface area contributed by atoms with Gasteiger partial charge in [-0.05, 0) is 88.4 Å². The van der Waals surface area contributed by atoms with Crippen LogP contribution in [0.5, 0.6) is 28.7 Å². The lowest BCUT2D eigenvalue weighted by Gasteiger charge is -2.39. The molecule has 1 saturated heterocycles. The van der Waals surface area contributed by atoms with E-state index in [4.69, 9.17) is 23.7 Å². The Morgan fingerprint density at radius 1 is 0.604 bits per heavy atom. The van der Waals surface area contributed by atoms with Crippen molar-refractivity contribution >= 4 is 34.4 Å². The molecular formula is C44H33NO8. The fraction of sp³-hybridized carbons (Fsp3) is 0.205. The summed E-state index contributed by atoms with van der Waals surface area (Å²) in [4.78, 5) is 48.2. The number of hydrogen-bond acceptors (Lipinski definition) is 8. The lowest BCUT2D eigenvalue weighted by Crippen LogP contribution is -2.45. The Balaban J connectivity index is 1.31. The Morgan fingerprint density at radius 2 is 1.08 bits per heavy atom. The number of imide groups is 1. The molecule has 2 amide bonds. The molecule has 9 heteroatoms. The summed E-state index contributed by atoms with van der Waals surface area (Å²) in [7, 11) is 0. The minimum atomic E-state index is -1.58. The lowest BCUT2D eigenvalue weighted by molar-refractivity contribution is -0.130. The molecule has 3 heterocycles. The van der Waals surface area contributed by atoms with Crippen LogP contribution in [0.15, 0.2) is 121 Å². The van der Waals surface area contributed by atoms with Crippen LogP contribution in [-0.4, -0.2) is 37.8 Å². The van der Waals surface area contributed by atoms with Crippen LogP contribution >= 0.6 is 0 Å². The molecule has 2 aliphatic carbocycles. The van der Waals surface area contributed by atoms with Crippen molar-refractivity contribution in [1.29, 1.82) is 0 Å². The first-order chi connectivity index (χ1) is 26.0. The number of hydrogen-bond donors (Lipinski definition) is 0. The zero-order valence-corrected chi connectivity index (χ0v) is 28.7. The van der Waals surface area contributed by atoms with Crippen molar-refractivity contribution in [2.45, 2.75) is 24.2 Å². The first kappa shape index (κ1) is 31.4. The predicted octanol–water partition coefficient (Wildman–Crippen LogP) is 7.12. The van der Waals surface area contributed by atoms with Crippen molar-refractivity contribution in [1.82, 2.24) is 0 Å². The van der Waals surface area contributed by atoms with Gasteiger partial charge < -0.3 is 23.7 Å². The molecule has 53 heavy (non-hydrogen) atoms. The molecule has 0 unspecified atom stereocenters. The predicted molar refractivity (Wildman–Crippen MR) is 195 cm³/mol. The smallest absolute Gasteiger partial charge is 0.239 e. The molecule has 2 bridgehead atoms. The van der Waals surface area contributed by atoms with Gasteiger partial charge in [0.2, 0.25) is 25.4 Å². The van der Waals surface area contributed by atoms with Crippen molar-refractivity contribution in [3.63, 3.8) is 0 Å². The van der Waals surface area contributed by atoms with E-state index in [1.54, 1.807) is 24.3 Å². The van der Waals surface area contributed by atoms with Gasteiger partial charge in [0.15, 0.2) is 28.8 Å². The van der Waals surface area contributed by atoms with Crippen LogP contribution < -0.4 is 28.6 Å². The average Bonchev–Trinajstić information content (AvgIpc) is 4.01. The Bertz CT molecular complexity index is 2230.